The maximum atomic E-state index is 12.0. The minimum atomic E-state index is -0.215. The number of hydrogen-bond acceptors (Lipinski definition) is 4. The third-order valence-corrected chi connectivity index (χ3v) is 3.33. The van der Waals surface area contributed by atoms with Crippen LogP contribution in [0.15, 0.2) is 48.5 Å². The van der Waals surface area contributed by atoms with Gasteiger partial charge in [-0.15, -0.1) is 0 Å². The molecule has 2 rings (SSSR count). The Morgan fingerprint density at radius 1 is 1.00 bits per heavy atom. The quantitative estimate of drug-likeness (QED) is 0.769. The van der Waals surface area contributed by atoms with E-state index in [1.165, 1.54) is 6.08 Å². The van der Waals surface area contributed by atoms with Gasteiger partial charge in [0.05, 0.1) is 20.3 Å². The molecule has 2 aromatic rings. The Balaban J connectivity index is 1.98. The van der Waals surface area contributed by atoms with Crippen molar-refractivity contribution in [1.29, 1.82) is 0 Å². The van der Waals surface area contributed by atoms with Crippen molar-refractivity contribution in [1.82, 2.24) is 0 Å². The fraction of sp³-hybridized carbons (Fsp3) is 0.250. The van der Waals surface area contributed by atoms with Crippen molar-refractivity contribution in [2.24, 2.45) is 0 Å². The molecule has 0 heterocycles. The lowest BCUT2D eigenvalue weighted by atomic mass is 10.2. The Bertz CT molecular complexity index is 736. The van der Waals surface area contributed by atoms with Crippen molar-refractivity contribution in [3.63, 3.8) is 0 Å². The Hall–Kier alpha value is -2.95. The maximum absolute atomic E-state index is 12.0. The van der Waals surface area contributed by atoms with Crippen LogP contribution < -0.4 is 19.5 Å². The number of hydrogen-bond donors (Lipinski definition) is 1. The summed E-state index contributed by atoms with van der Waals surface area (Å²) in [6.45, 7) is 3.93. The van der Waals surface area contributed by atoms with Gasteiger partial charge in [-0.25, -0.2) is 0 Å². The monoisotopic (exact) mass is 341 g/mol. The number of methoxy groups -OCH3 is 2. The van der Waals surface area contributed by atoms with E-state index in [9.17, 15) is 4.79 Å². The molecule has 0 aliphatic rings. The lowest BCUT2D eigenvalue weighted by molar-refractivity contribution is -0.111. The van der Waals surface area contributed by atoms with Crippen molar-refractivity contribution in [3.05, 3.63) is 54.1 Å². The molecule has 0 saturated carbocycles. The summed E-state index contributed by atoms with van der Waals surface area (Å²) in [6.07, 6.45) is 3.30. The van der Waals surface area contributed by atoms with Gasteiger partial charge in [-0.05, 0) is 61.9 Å². The summed E-state index contributed by atoms with van der Waals surface area (Å²) in [7, 11) is 3.16. The van der Waals surface area contributed by atoms with Gasteiger partial charge in [0.15, 0.2) is 11.5 Å². The highest BCUT2D eigenvalue weighted by atomic mass is 16.5. The first kappa shape index (κ1) is 18.4. The number of nitrogens with one attached hydrogen (secondary N) is 1. The minimum absolute atomic E-state index is 0.116. The van der Waals surface area contributed by atoms with E-state index in [1.54, 1.807) is 44.6 Å². The van der Waals surface area contributed by atoms with Gasteiger partial charge in [0.25, 0.3) is 0 Å². The summed E-state index contributed by atoms with van der Waals surface area (Å²) in [4.78, 5) is 12.0. The van der Waals surface area contributed by atoms with Gasteiger partial charge in [0, 0.05) is 11.8 Å². The Morgan fingerprint density at radius 2 is 1.68 bits per heavy atom. The molecular weight excluding hydrogens is 318 g/mol. The molecule has 0 aliphatic carbocycles. The third kappa shape index (κ3) is 5.57. The number of ether oxygens (including phenoxy) is 3. The van der Waals surface area contributed by atoms with Gasteiger partial charge in [-0.1, -0.05) is 6.07 Å². The first-order chi connectivity index (χ1) is 12.0. The fourth-order valence-corrected chi connectivity index (χ4v) is 2.20. The standard InChI is InChI=1S/C20H23NO4/c1-14(2)25-17-9-7-16(8-10-17)21-20(22)12-6-15-5-11-18(23-3)19(13-15)24-4/h5-14H,1-4H3,(H,21,22)/b12-6+. The molecule has 1 amide bonds. The SMILES string of the molecule is COc1ccc(/C=C/C(=O)Nc2ccc(OC(C)C)cc2)cc1OC. The number of carbonyl (C=O) groups is 1. The highest BCUT2D eigenvalue weighted by Gasteiger charge is 2.04. The van der Waals surface area contributed by atoms with Crippen molar-refractivity contribution in [2.45, 2.75) is 20.0 Å². The van der Waals surface area contributed by atoms with Crippen molar-refractivity contribution in [3.8, 4) is 17.2 Å². The predicted molar refractivity (Wildman–Crippen MR) is 99.4 cm³/mol. The summed E-state index contributed by atoms with van der Waals surface area (Å²) in [5.74, 6) is 1.82. The molecule has 0 fully saturated rings. The van der Waals surface area contributed by atoms with Crippen LogP contribution in [0, 0.1) is 0 Å². The molecule has 5 nitrogen and oxygen atoms in total. The predicted octanol–water partition coefficient (Wildman–Crippen LogP) is 4.14. The zero-order valence-corrected chi connectivity index (χ0v) is 14.9. The summed E-state index contributed by atoms with van der Waals surface area (Å²) in [5, 5.41) is 2.81. The van der Waals surface area contributed by atoms with Gasteiger partial charge in [0.2, 0.25) is 5.91 Å². The van der Waals surface area contributed by atoms with E-state index >= 15 is 0 Å². The van der Waals surface area contributed by atoms with Crippen LogP contribution in [0.5, 0.6) is 17.2 Å². The second kappa shape index (κ2) is 8.78. The minimum Gasteiger partial charge on any atom is -0.493 e. The molecule has 5 heteroatoms. The van der Waals surface area contributed by atoms with E-state index < -0.39 is 0 Å². The molecular formula is C20H23NO4. The van der Waals surface area contributed by atoms with Crippen LogP contribution in [-0.4, -0.2) is 26.2 Å². The van der Waals surface area contributed by atoms with E-state index in [0.29, 0.717) is 17.2 Å². The zero-order chi connectivity index (χ0) is 18.2. The molecule has 0 bridgehead atoms. The molecule has 2 aromatic carbocycles. The summed E-state index contributed by atoms with van der Waals surface area (Å²) in [6, 6.07) is 12.7. The molecule has 0 aromatic heterocycles. The van der Waals surface area contributed by atoms with Crippen LogP contribution in [-0.2, 0) is 4.79 Å². The Labute approximate surface area is 148 Å². The first-order valence-corrected chi connectivity index (χ1v) is 7.99. The van der Waals surface area contributed by atoms with Crippen LogP contribution in [0.25, 0.3) is 6.08 Å². The highest BCUT2D eigenvalue weighted by molar-refractivity contribution is 6.01. The summed E-state index contributed by atoms with van der Waals surface area (Å²) >= 11 is 0. The zero-order valence-electron chi connectivity index (χ0n) is 14.9. The van der Waals surface area contributed by atoms with Crippen LogP contribution in [0.4, 0.5) is 5.69 Å². The first-order valence-electron chi connectivity index (χ1n) is 7.99. The average Bonchev–Trinajstić information content (AvgIpc) is 2.61. The average molecular weight is 341 g/mol. The summed E-state index contributed by atoms with van der Waals surface area (Å²) in [5.41, 5.74) is 1.55. The maximum Gasteiger partial charge on any atom is 0.248 e. The molecule has 0 unspecified atom stereocenters. The summed E-state index contributed by atoms with van der Waals surface area (Å²) < 4.78 is 16.0. The number of rotatable bonds is 7. The molecule has 0 saturated heterocycles. The van der Waals surface area contributed by atoms with E-state index in [4.69, 9.17) is 14.2 Å². The molecule has 0 radical (unpaired) electrons. The van der Waals surface area contributed by atoms with Gasteiger partial charge in [-0.2, -0.15) is 0 Å². The van der Waals surface area contributed by atoms with Gasteiger partial charge < -0.3 is 19.5 Å². The Kier molecular flexibility index (Phi) is 6.46. The van der Waals surface area contributed by atoms with E-state index in [0.717, 1.165) is 11.3 Å². The van der Waals surface area contributed by atoms with Crippen molar-refractivity contribution in [2.75, 3.05) is 19.5 Å². The lowest BCUT2D eigenvalue weighted by Gasteiger charge is -2.10. The Morgan fingerprint density at radius 3 is 2.28 bits per heavy atom. The van der Waals surface area contributed by atoms with Crippen LogP contribution in [0.3, 0.4) is 0 Å². The molecule has 132 valence electrons. The molecule has 1 N–H and O–H groups in total. The van der Waals surface area contributed by atoms with Gasteiger partial charge in [-0.3, -0.25) is 4.79 Å². The van der Waals surface area contributed by atoms with Crippen LogP contribution in [0.2, 0.25) is 0 Å². The number of anilines is 1. The van der Waals surface area contributed by atoms with Crippen LogP contribution >= 0.6 is 0 Å². The molecule has 25 heavy (non-hydrogen) atoms. The van der Waals surface area contributed by atoms with Gasteiger partial charge >= 0.3 is 0 Å². The second-order valence-corrected chi connectivity index (χ2v) is 5.63. The number of carbonyl (C=O) groups excluding carboxylic acids is 1. The molecule has 0 atom stereocenters. The third-order valence-electron chi connectivity index (χ3n) is 3.33. The molecule has 0 spiro atoms. The molecule has 0 aliphatic heterocycles. The number of benzene rings is 2. The van der Waals surface area contributed by atoms with E-state index in [1.807, 2.05) is 32.0 Å². The lowest BCUT2D eigenvalue weighted by Crippen LogP contribution is -2.08. The van der Waals surface area contributed by atoms with Gasteiger partial charge in [0.1, 0.15) is 5.75 Å². The van der Waals surface area contributed by atoms with E-state index in [2.05, 4.69) is 5.32 Å². The topological polar surface area (TPSA) is 56.8 Å². The number of amides is 1. The van der Waals surface area contributed by atoms with Crippen LogP contribution in [0.1, 0.15) is 19.4 Å². The normalized spacial score (nSPS) is 10.8. The fourth-order valence-electron chi connectivity index (χ4n) is 2.20. The smallest absolute Gasteiger partial charge is 0.248 e. The van der Waals surface area contributed by atoms with E-state index in [-0.39, 0.29) is 12.0 Å². The largest absolute Gasteiger partial charge is 0.493 e. The van der Waals surface area contributed by atoms with Crippen molar-refractivity contribution >= 4 is 17.7 Å². The highest BCUT2D eigenvalue weighted by Crippen LogP contribution is 2.28. The second-order valence-electron chi connectivity index (χ2n) is 5.63. The van der Waals surface area contributed by atoms with Crippen molar-refractivity contribution < 1.29 is 19.0 Å².